The number of aliphatic carboxylic acids is 1. The number of nitrogens with zero attached hydrogens (tertiary/aromatic N) is 5. The molecule has 2 aliphatic rings. The monoisotopic (exact) mass is 363 g/mol. The van der Waals surface area contributed by atoms with Gasteiger partial charge in [-0.25, -0.2) is 9.48 Å². The van der Waals surface area contributed by atoms with Crippen molar-refractivity contribution in [2.45, 2.75) is 50.5 Å². The second-order valence-electron chi connectivity index (χ2n) is 7.89. The van der Waals surface area contributed by atoms with E-state index >= 15 is 0 Å². The minimum Gasteiger partial charge on any atom is -0.479 e. The molecule has 1 atom stereocenters. The highest BCUT2D eigenvalue weighted by atomic mass is 16.4. The number of likely N-dealkylation sites (tertiary alicyclic amines) is 1. The van der Waals surface area contributed by atoms with Crippen LogP contribution in [0.4, 0.5) is 0 Å². The molecule has 1 aromatic rings. The highest BCUT2D eigenvalue weighted by Crippen LogP contribution is 2.43. The lowest BCUT2D eigenvalue weighted by atomic mass is 10.1. The van der Waals surface area contributed by atoms with Crippen molar-refractivity contribution < 1.29 is 14.7 Å². The molecule has 1 aliphatic heterocycles. The molecule has 1 aromatic heterocycles. The second-order valence-corrected chi connectivity index (χ2v) is 7.89. The van der Waals surface area contributed by atoms with Crippen LogP contribution in [0.25, 0.3) is 0 Å². The molecule has 1 N–H and O–H groups in total. The Labute approximate surface area is 154 Å². The van der Waals surface area contributed by atoms with E-state index in [0.29, 0.717) is 25.2 Å². The molecule has 8 heteroatoms. The van der Waals surface area contributed by atoms with Gasteiger partial charge in [0.15, 0.2) is 5.54 Å². The van der Waals surface area contributed by atoms with Gasteiger partial charge in [-0.3, -0.25) is 4.79 Å². The summed E-state index contributed by atoms with van der Waals surface area (Å²) >= 11 is 0. The Morgan fingerprint density at radius 1 is 1.38 bits per heavy atom. The number of hydrogen-bond acceptors (Lipinski definition) is 5. The Morgan fingerprint density at radius 2 is 2.15 bits per heavy atom. The van der Waals surface area contributed by atoms with Crippen LogP contribution in [0.15, 0.2) is 6.20 Å². The number of aromatic nitrogens is 3. The van der Waals surface area contributed by atoms with Crippen LogP contribution in [0, 0.1) is 5.92 Å². The van der Waals surface area contributed by atoms with Gasteiger partial charge in [-0.1, -0.05) is 5.21 Å². The fraction of sp³-hybridized carbons (Fsp3) is 0.778. The normalized spacial score (nSPS) is 21.7. The standard InChI is InChI=1S/C18H29N5O3/c1-21-10-7-14(11-21)12-22(2)16(24)6-4-3-5-15-13-23(20-19-15)18(8-9-18)17(25)26/h13-14H,3-12H2,1-2H3,(H,25,26). The van der Waals surface area contributed by atoms with Crippen molar-refractivity contribution in [3.63, 3.8) is 0 Å². The maximum Gasteiger partial charge on any atom is 0.331 e. The minimum absolute atomic E-state index is 0.200. The number of unbranched alkanes of at least 4 members (excludes halogenated alkanes) is 1. The second kappa shape index (κ2) is 7.73. The summed E-state index contributed by atoms with van der Waals surface area (Å²) in [7, 11) is 4.02. The van der Waals surface area contributed by atoms with E-state index in [4.69, 9.17) is 0 Å². The van der Waals surface area contributed by atoms with Gasteiger partial charge in [-0.2, -0.15) is 0 Å². The first-order valence-electron chi connectivity index (χ1n) is 9.48. The van der Waals surface area contributed by atoms with Crippen LogP contribution < -0.4 is 0 Å². The van der Waals surface area contributed by atoms with Crippen molar-refractivity contribution in [3.8, 4) is 0 Å². The maximum absolute atomic E-state index is 12.3. The summed E-state index contributed by atoms with van der Waals surface area (Å²) in [6.45, 7) is 3.04. The van der Waals surface area contributed by atoms with Crippen LogP contribution in [-0.2, 0) is 21.5 Å². The van der Waals surface area contributed by atoms with Crippen molar-refractivity contribution in [3.05, 3.63) is 11.9 Å². The van der Waals surface area contributed by atoms with E-state index in [9.17, 15) is 14.7 Å². The number of carboxylic acids is 1. The third kappa shape index (κ3) is 4.23. The molecular formula is C18H29N5O3. The Bertz CT molecular complexity index is 655. The topological polar surface area (TPSA) is 91.6 Å². The van der Waals surface area contributed by atoms with Crippen molar-refractivity contribution in [1.82, 2.24) is 24.8 Å². The van der Waals surface area contributed by atoms with E-state index in [1.807, 2.05) is 11.9 Å². The zero-order chi connectivity index (χ0) is 18.7. The predicted octanol–water partition coefficient (Wildman–Crippen LogP) is 0.975. The molecule has 0 spiro atoms. The van der Waals surface area contributed by atoms with Gasteiger partial charge >= 0.3 is 5.97 Å². The highest BCUT2D eigenvalue weighted by molar-refractivity contribution is 5.79. The zero-order valence-corrected chi connectivity index (χ0v) is 15.7. The average molecular weight is 363 g/mol. The summed E-state index contributed by atoms with van der Waals surface area (Å²) in [4.78, 5) is 27.7. The Balaban J connectivity index is 1.36. The SMILES string of the molecule is CN1CCC(CN(C)C(=O)CCCCc2cn(C3(C(=O)O)CC3)nn2)C1. The number of aryl methyl sites for hydroxylation is 1. The first-order valence-corrected chi connectivity index (χ1v) is 9.48. The number of amides is 1. The van der Waals surface area contributed by atoms with Gasteiger partial charge in [-0.05, 0) is 58.0 Å². The van der Waals surface area contributed by atoms with E-state index in [1.54, 1.807) is 6.20 Å². The molecule has 1 saturated heterocycles. The van der Waals surface area contributed by atoms with E-state index in [1.165, 1.54) is 11.1 Å². The lowest BCUT2D eigenvalue weighted by Crippen LogP contribution is -2.32. The van der Waals surface area contributed by atoms with E-state index in [2.05, 4.69) is 22.3 Å². The quantitative estimate of drug-likeness (QED) is 0.658. The van der Waals surface area contributed by atoms with Crippen LogP contribution in [0.3, 0.4) is 0 Å². The molecule has 26 heavy (non-hydrogen) atoms. The molecule has 1 saturated carbocycles. The van der Waals surface area contributed by atoms with Crippen LogP contribution in [0.5, 0.6) is 0 Å². The van der Waals surface area contributed by atoms with Gasteiger partial charge in [0, 0.05) is 32.8 Å². The van der Waals surface area contributed by atoms with Gasteiger partial charge in [0.2, 0.25) is 5.91 Å². The fourth-order valence-corrected chi connectivity index (χ4v) is 3.72. The fourth-order valence-electron chi connectivity index (χ4n) is 3.72. The van der Waals surface area contributed by atoms with E-state index < -0.39 is 11.5 Å². The molecule has 1 aliphatic carbocycles. The smallest absolute Gasteiger partial charge is 0.331 e. The number of hydrogen-bond donors (Lipinski definition) is 1. The lowest BCUT2D eigenvalue weighted by molar-refractivity contribution is -0.142. The zero-order valence-electron chi connectivity index (χ0n) is 15.7. The van der Waals surface area contributed by atoms with Crippen LogP contribution >= 0.6 is 0 Å². The lowest BCUT2D eigenvalue weighted by Gasteiger charge is -2.21. The van der Waals surface area contributed by atoms with Crippen LogP contribution in [-0.4, -0.2) is 75.5 Å². The average Bonchev–Trinajstić information content (AvgIpc) is 3.12. The van der Waals surface area contributed by atoms with Gasteiger partial charge in [0.1, 0.15) is 0 Å². The number of carboxylic acid groups (broad SMARTS) is 1. The summed E-state index contributed by atoms with van der Waals surface area (Å²) in [5, 5.41) is 17.3. The first-order chi connectivity index (χ1) is 12.4. The summed E-state index contributed by atoms with van der Waals surface area (Å²) in [6, 6.07) is 0. The van der Waals surface area contributed by atoms with Gasteiger partial charge < -0.3 is 14.9 Å². The molecule has 2 heterocycles. The number of rotatable bonds is 9. The summed E-state index contributed by atoms with van der Waals surface area (Å²) in [5.41, 5.74) is -0.0644. The molecular weight excluding hydrogens is 334 g/mol. The summed E-state index contributed by atoms with van der Waals surface area (Å²) < 4.78 is 1.49. The molecule has 8 nitrogen and oxygen atoms in total. The van der Waals surface area contributed by atoms with E-state index in [0.717, 1.165) is 44.6 Å². The van der Waals surface area contributed by atoms with Gasteiger partial charge in [-0.15, -0.1) is 5.10 Å². The Hall–Kier alpha value is -1.96. The summed E-state index contributed by atoms with van der Waals surface area (Å²) in [6.07, 6.45) is 7.07. The molecule has 0 bridgehead atoms. The van der Waals surface area contributed by atoms with Crippen LogP contribution in [0.2, 0.25) is 0 Å². The third-order valence-electron chi connectivity index (χ3n) is 5.62. The highest BCUT2D eigenvalue weighted by Gasteiger charge is 2.53. The molecule has 144 valence electrons. The van der Waals surface area contributed by atoms with Gasteiger partial charge in [0.05, 0.1) is 5.69 Å². The van der Waals surface area contributed by atoms with Crippen molar-refractivity contribution in [2.75, 3.05) is 33.7 Å². The summed E-state index contributed by atoms with van der Waals surface area (Å²) in [5.74, 6) is -0.0463. The molecule has 0 radical (unpaired) electrons. The first kappa shape index (κ1) is 18.8. The Kier molecular flexibility index (Phi) is 5.60. The largest absolute Gasteiger partial charge is 0.479 e. The maximum atomic E-state index is 12.3. The number of carbonyl (C=O) groups excluding carboxylic acids is 1. The van der Waals surface area contributed by atoms with Crippen molar-refractivity contribution >= 4 is 11.9 Å². The van der Waals surface area contributed by atoms with Crippen molar-refractivity contribution in [2.24, 2.45) is 5.92 Å². The molecule has 2 fully saturated rings. The van der Waals surface area contributed by atoms with Crippen molar-refractivity contribution in [1.29, 1.82) is 0 Å². The molecule has 0 aromatic carbocycles. The predicted molar refractivity (Wildman–Crippen MR) is 95.7 cm³/mol. The minimum atomic E-state index is -0.863. The molecule has 3 rings (SSSR count). The Morgan fingerprint density at radius 3 is 2.77 bits per heavy atom. The number of carbonyl (C=O) groups is 2. The van der Waals surface area contributed by atoms with Crippen LogP contribution in [0.1, 0.15) is 44.2 Å². The molecule has 1 unspecified atom stereocenters. The van der Waals surface area contributed by atoms with E-state index in [-0.39, 0.29) is 5.91 Å². The van der Waals surface area contributed by atoms with Gasteiger partial charge in [0.25, 0.3) is 0 Å². The third-order valence-corrected chi connectivity index (χ3v) is 5.62. The molecule has 1 amide bonds.